The second kappa shape index (κ2) is 5.92. The van der Waals surface area contributed by atoms with Crippen molar-refractivity contribution in [3.8, 4) is 17.6 Å². The number of alkyl halides is 1. The van der Waals surface area contributed by atoms with Crippen molar-refractivity contribution in [1.29, 1.82) is 5.26 Å². The van der Waals surface area contributed by atoms with Gasteiger partial charge in [-0.1, -0.05) is 29.8 Å². The monoisotopic (exact) mass is 297 g/mol. The lowest BCUT2D eigenvalue weighted by atomic mass is 9.98. The van der Waals surface area contributed by atoms with Gasteiger partial charge in [0.15, 0.2) is 11.5 Å². The van der Waals surface area contributed by atoms with E-state index in [1.807, 2.05) is 0 Å². The molecule has 0 spiro atoms. The summed E-state index contributed by atoms with van der Waals surface area (Å²) in [5, 5.41) is 9.65. The van der Waals surface area contributed by atoms with Crippen molar-refractivity contribution in [3.05, 3.63) is 23.8 Å². The van der Waals surface area contributed by atoms with E-state index in [2.05, 4.69) is 35.8 Å². The second-order valence-corrected chi connectivity index (χ2v) is 5.12. The summed E-state index contributed by atoms with van der Waals surface area (Å²) in [6.45, 7) is 4.80. The molecule has 1 aromatic rings. The van der Waals surface area contributed by atoms with E-state index >= 15 is 0 Å². The van der Waals surface area contributed by atoms with Gasteiger partial charge in [0.2, 0.25) is 0 Å². The highest BCUT2D eigenvalue weighted by Crippen LogP contribution is 2.30. The van der Waals surface area contributed by atoms with Crippen molar-refractivity contribution in [3.63, 3.8) is 0 Å². The van der Waals surface area contributed by atoms with Gasteiger partial charge >= 0.3 is 0 Å². The average Bonchev–Trinajstić information content (AvgIpc) is 2.36. The number of nitrogens with zero attached hydrogens (tertiary/aromatic N) is 1. The Hall–Kier alpha value is -1.21. The van der Waals surface area contributed by atoms with Gasteiger partial charge < -0.3 is 9.47 Å². The SMILES string of the molecule is COc1cc(C#N)ccc1OCC(C)(C)CBr. The molecule has 0 fully saturated rings. The van der Waals surface area contributed by atoms with Crippen LogP contribution < -0.4 is 9.47 Å². The number of nitriles is 1. The first kappa shape index (κ1) is 13.9. The molecule has 0 aliphatic heterocycles. The minimum absolute atomic E-state index is 0.0545. The van der Waals surface area contributed by atoms with E-state index in [0.717, 1.165) is 5.33 Å². The summed E-state index contributed by atoms with van der Waals surface area (Å²) in [6.07, 6.45) is 0. The fraction of sp³-hybridized carbons (Fsp3) is 0.462. The molecule has 0 bridgehead atoms. The van der Waals surface area contributed by atoms with Crippen LogP contribution in [-0.2, 0) is 0 Å². The van der Waals surface area contributed by atoms with E-state index in [1.165, 1.54) is 0 Å². The molecule has 0 aliphatic rings. The molecule has 1 rings (SSSR count). The fourth-order valence-corrected chi connectivity index (χ4v) is 1.33. The molecule has 0 radical (unpaired) electrons. The molecule has 0 saturated heterocycles. The van der Waals surface area contributed by atoms with E-state index in [1.54, 1.807) is 25.3 Å². The first-order chi connectivity index (χ1) is 8.02. The molecule has 1 aromatic carbocycles. The van der Waals surface area contributed by atoms with E-state index in [9.17, 15) is 0 Å². The highest BCUT2D eigenvalue weighted by atomic mass is 79.9. The summed E-state index contributed by atoms with van der Waals surface area (Å²) >= 11 is 3.45. The number of ether oxygens (including phenoxy) is 2. The highest BCUT2D eigenvalue weighted by Gasteiger charge is 2.18. The number of hydrogen-bond acceptors (Lipinski definition) is 3. The third kappa shape index (κ3) is 3.94. The van der Waals surface area contributed by atoms with E-state index < -0.39 is 0 Å². The zero-order valence-electron chi connectivity index (χ0n) is 10.3. The third-order valence-corrected chi connectivity index (χ3v) is 3.79. The largest absolute Gasteiger partial charge is 0.493 e. The van der Waals surface area contributed by atoms with Crippen molar-refractivity contribution < 1.29 is 9.47 Å². The lowest BCUT2D eigenvalue weighted by Gasteiger charge is -2.22. The number of halogens is 1. The Kier molecular flexibility index (Phi) is 4.83. The molecule has 0 saturated carbocycles. The predicted molar refractivity (Wildman–Crippen MR) is 70.8 cm³/mol. The van der Waals surface area contributed by atoms with Crippen LogP contribution in [0.3, 0.4) is 0 Å². The maximum atomic E-state index is 8.79. The summed E-state index contributed by atoms with van der Waals surface area (Å²) in [6, 6.07) is 7.23. The standard InChI is InChI=1S/C13H16BrNO2/c1-13(2,8-14)9-17-11-5-4-10(7-15)6-12(11)16-3/h4-6H,8-9H2,1-3H3. The van der Waals surface area contributed by atoms with Crippen molar-refractivity contribution in [2.24, 2.45) is 5.41 Å². The van der Waals surface area contributed by atoms with Crippen LogP contribution in [0.25, 0.3) is 0 Å². The molecule has 0 amide bonds. The van der Waals surface area contributed by atoms with Gasteiger partial charge in [-0.15, -0.1) is 0 Å². The van der Waals surface area contributed by atoms with Crippen LogP contribution in [0.2, 0.25) is 0 Å². The van der Waals surface area contributed by atoms with Crippen molar-refractivity contribution in [2.75, 3.05) is 19.0 Å². The summed E-state index contributed by atoms with van der Waals surface area (Å²) in [5.74, 6) is 1.26. The highest BCUT2D eigenvalue weighted by molar-refractivity contribution is 9.09. The van der Waals surface area contributed by atoms with Gasteiger partial charge in [-0.05, 0) is 12.1 Å². The van der Waals surface area contributed by atoms with Gasteiger partial charge in [0, 0.05) is 16.8 Å². The minimum atomic E-state index is 0.0545. The topological polar surface area (TPSA) is 42.2 Å². The average molecular weight is 298 g/mol. The Balaban J connectivity index is 2.82. The van der Waals surface area contributed by atoms with Crippen molar-refractivity contribution in [2.45, 2.75) is 13.8 Å². The number of benzene rings is 1. The maximum Gasteiger partial charge on any atom is 0.162 e. The first-order valence-corrected chi connectivity index (χ1v) is 6.41. The lowest BCUT2D eigenvalue weighted by Crippen LogP contribution is -2.22. The molecular weight excluding hydrogens is 282 g/mol. The molecule has 4 heteroatoms. The molecule has 0 aliphatic carbocycles. The maximum absolute atomic E-state index is 8.79. The van der Waals surface area contributed by atoms with Gasteiger partial charge in [-0.25, -0.2) is 0 Å². The molecule has 0 atom stereocenters. The fourth-order valence-electron chi connectivity index (χ4n) is 1.17. The van der Waals surface area contributed by atoms with Crippen LogP contribution >= 0.6 is 15.9 Å². The van der Waals surface area contributed by atoms with E-state index in [-0.39, 0.29) is 5.41 Å². The summed E-state index contributed by atoms with van der Waals surface area (Å²) in [7, 11) is 1.57. The number of hydrogen-bond donors (Lipinski definition) is 0. The molecule has 0 aromatic heterocycles. The van der Waals surface area contributed by atoms with Crippen LogP contribution in [-0.4, -0.2) is 19.0 Å². The van der Waals surface area contributed by atoms with Gasteiger partial charge in [0.1, 0.15) is 0 Å². The van der Waals surface area contributed by atoms with Crippen LogP contribution in [0, 0.1) is 16.7 Å². The van der Waals surface area contributed by atoms with Crippen LogP contribution in [0.5, 0.6) is 11.5 Å². The molecule has 0 heterocycles. The Morgan fingerprint density at radius 2 is 2.06 bits per heavy atom. The lowest BCUT2D eigenvalue weighted by molar-refractivity contribution is 0.196. The van der Waals surface area contributed by atoms with Crippen molar-refractivity contribution >= 4 is 15.9 Å². The van der Waals surface area contributed by atoms with Gasteiger partial charge in [-0.3, -0.25) is 0 Å². The molecule has 0 N–H and O–H groups in total. The summed E-state index contributed by atoms with van der Waals surface area (Å²) in [4.78, 5) is 0. The number of methoxy groups -OCH3 is 1. The summed E-state index contributed by atoms with van der Waals surface area (Å²) < 4.78 is 10.9. The molecule has 3 nitrogen and oxygen atoms in total. The molecule has 17 heavy (non-hydrogen) atoms. The summed E-state index contributed by atoms with van der Waals surface area (Å²) in [5.41, 5.74) is 0.618. The van der Waals surface area contributed by atoms with Crippen molar-refractivity contribution in [1.82, 2.24) is 0 Å². The molecule has 92 valence electrons. The zero-order valence-corrected chi connectivity index (χ0v) is 11.9. The first-order valence-electron chi connectivity index (χ1n) is 5.29. The predicted octanol–water partition coefficient (Wildman–Crippen LogP) is 3.37. The third-order valence-electron chi connectivity index (χ3n) is 2.27. The molecular formula is C13H16BrNO2. The van der Waals surface area contributed by atoms with Gasteiger partial charge in [0.25, 0.3) is 0 Å². The Labute approximate surface area is 110 Å². The van der Waals surface area contributed by atoms with E-state index in [0.29, 0.717) is 23.7 Å². The smallest absolute Gasteiger partial charge is 0.162 e. The van der Waals surface area contributed by atoms with Gasteiger partial charge in [0.05, 0.1) is 25.3 Å². The van der Waals surface area contributed by atoms with Gasteiger partial charge in [-0.2, -0.15) is 5.26 Å². The Morgan fingerprint density at radius 1 is 1.35 bits per heavy atom. The van der Waals surface area contributed by atoms with Crippen LogP contribution in [0.4, 0.5) is 0 Å². The quantitative estimate of drug-likeness (QED) is 0.783. The zero-order chi connectivity index (χ0) is 12.9. The van der Waals surface area contributed by atoms with Crippen LogP contribution in [0.15, 0.2) is 18.2 Å². The normalized spacial score (nSPS) is 10.8. The number of rotatable bonds is 5. The van der Waals surface area contributed by atoms with Crippen LogP contribution in [0.1, 0.15) is 19.4 Å². The minimum Gasteiger partial charge on any atom is -0.493 e. The second-order valence-electron chi connectivity index (χ2n) is 4.56. The Morgan fingerprint density at radius 3 is 2.59 bits per heavy atom. The Bertz CT molecular complexity index is 424. The van der Waals surface area contributed by atoms with E-state index in [4.69, 9.17) is 14.7 Å². The molecule has 0 unspecified atom stereocenters.